The van der Waals surface area contributed by atoms with Crippen LogP contribution in [-0.2, 0) is 4.79 Å². The summed E-state index contributed by atoms with van der Waals surface area (Å²) in [6, 6.07) is 25.0. The SMILES string of the molecule is COc1ccc(C=C(NC(=O)c2ccccc2)C(=O)NN=Cc2cccc(OC(=O)c3cccc(F)c3)c2)cc1OC. The molecule has 42 heavy (non-hydrogen) atoms. The van der Waals surface area contributed by atoms with Gasteiger partial charge in [-0.05, 0) is 71.8 Å². The molecule has 0 radical (unpaired) electrons. The van der Waals surface area contributed by atoms with Crippen molar-refractivity contribution in [1.82, 2.24) is 10.7 Å². The third-order valence-corrected chi connectivity index (χ3v) is 5.76. The average Bonchev–Trinajstić information content (AvgIpc) is 3.01. The van der Waals surface area contributed by atoms with E-state index in [-0.39, 0.29) is 17.0 Å². The molecule has 0 spiro atoms. The zero-order valence-electron chi connectivity index (χ0n) is 22.7. The Bertz CT molecular complexity index is 1650. The van der Waals surface area contributed by atoms with Crippen LogP contribution in [0.15, 0.2) is 108 Å². The van der Waals surface area contributed by atoms with Crippen LogP contribution in [-0.4, -0.2) is 38.2 Å². The molecule has 0 atom stereocenters. The van der Waals surface area contributed by atoms with Crippen LogP contribution in [0.25, 0.3) is 6.08 Å². The summed E-state index contributed by atoms with van der Waals surface area (Å²) in [5.74, 6) is -1.33. The molecule has 212 valence electrons. The molecule has 4 aromatic carbocycles. The van der Waals surface area contributed by atoms with Gasteiger partial charge in [0.15, 0.2) is 11.5 Å². The van der Waals surface area contributed by atoms with Crippen LogP contribution < -0.4 is 25.0 Å². The molecule has 9 nitrogen and oxygen atoms in total. The van der Waals surface area contributed by atoms with E-state index >= 15 is 0 Å². The molecule has 2 N–H and O–H groups in total. The minimum Gasteiger partial charge on any atom is -0.493 e. The first-order valence-corrected chi connectivity index (χ1v) is 12.6. The molecule has 0 aliphatic rings. The van der Waals surface area contributed by atoms with E-state index in [1.54, 1.807) is 66.7 Å². The van der Waals surface area contributed by atoms with Gasteiger partial charge in [-0.1, -0.05) is 42.5 Å². The van der Waals surface area contributed by atoms with Crippen molar-refractivity contribution in [2.24, 2.45) is 5.10 Å². The van der Waals surface area contributed by atoms with Crippen molar-refractivity contribution in [3.05, 3.63) is 131 Å². The summed E-state index contributed by atoms with van der Waals surface area (Å²) in [5.41, 5.74) is 3.79. The number of ether oxygens (including phenoxy) is 3. The van der Waals surface area contributed by atoms with Gasteiger partial charge < -0.3 is 19.5 Å². The second kappa shape index (κ2) is 14.0. The van der Waals surface area contributed by atoms with Crippen molar-refractivity contribution in [2.75, 3.05) is 14.2 Å². The normalized spacial score (nSPS) is 11.1. The lowest BCUT2D eigenvalue weighted by molar-refractivity contribution is -0.117. The number of carbonyl (C=O) groups is 3. The van der Waals surface area contributed by atoms with Gasteiger partial charge in [-0.3, -0.25) is 9.59 Å². The number of hydrazone groups is 1. The van der Waals surface area contributed by atoms with Gasteiger partial charge in [0.05, 0.1) is 26.0 Å². The molecule has 0 fully saturated rings. The van der Waals surface area contributed by atoms with E-state index < -0.39 is 23.6 Å². The van der Waals surface area contributed by atoms with Gasteiger partial charge in [-0.25, -0.2) is 14.6 Å². The zero-order valence-corrected chi connectivity index (χ0v) is 22.7. The molecular weight excluding hydrogens is 541 g/mol. The van der Waals surface area contributed by atoms with Gasteiger partial charge >= 0.3 is 5.97 Å². The number of hydrogen-bond donors (Lipinski definition) is 2. The Balaban J connectivity index is 1.50. The first kappa shape index (κ1) is 29.2. The van der Waals surface area contributed by atoms with Crippen molar-refractivity contribution in [3.8, 4) is 17.2 Å². The first-order chi connectivity index (χ1) is 20.4. The van der Waals surface area contributed by atoms with Crippen LogP contribution in [0.4, 0.5) is 4.39 Å². The highest BCUT2D eigenvalue weighted by Gasteiger charge is 2.15. The van der Waals surface area contributed by atoms with E-state index in [1.807, 2.05) is 0 Å². The summed E-state index contributed by atoms with van der Waals surface area (Å²) in [5, 5.41) is 6.61. The molecule has 0 heterocycles. The van der Waals surface area contributed by atoms with Crippen molar-refractivity contribution < 1.29 is 33.0 Å². The molecule has 0 aliphatic heterocycles. The Morgan fingerprint density at radius 3 is 2.24 bits per heavy atom. The highest BCUT2D eigenvalue weighted by molar-refractivity contribution is 6.05. The first-order valence-electron chi connectivity index (χ1n) is 12.6. The maximum atomic E-state index is 13.4. The molecule has 0 aromatic heterocycles. The number of nitrogens with zero attached hydrogens (tertiary/aromatic N) is 1. The topological polar surface area (TPSA) is 115 Å². The number of hydrogen-bond acceptors (Lipinski definition) is 7. The van der Waals surface area contributed by atoms with E-state index in [2.05, 4.69) is 15.8 Å². The van der Waals surface area contributed by atoms with Gasteiger partial charge in [0.1, 0.15) is 17.3 Å². The quantitative estimate of drug-likeness (QED) is 0.0918. The molecule has 0 aliphatic carbocycles. The minimum absolute atomic E-state index is 0.0627. The van der Waals surface area contributed by atoms with Crippen molar-refractivity contribution in [2.45, 2.75) is 0 Å². The Kier molecular flexibility index (Phi) is 9.76. The lowest BCUT2D eigenvalue weighted by Gasteiger charge is -2.11. The number of rotatable bonds is 10. The van der Waals surface area contributed by atoms with Crippen LogP contribution in [0.3, 0.4) is 0 Å². The summed E-state index contributed by atoms with van der Waals surface area (Å²) >= 11 is 0. The predicted molar refractivity (Wildman–Crippen MR) is 155 cm³/mol. The number of benzene rings is 4. The van der Waals surface area contributed by atoms with Crippen LogP contribution in [0.1, 0.15) is 31.8 Å². The second-order valence-electron chi connectivity index (χ2n) is 8.66. The lowest BCUT2D eigenvalue weighted by atomic mass is 10.1. The van der Waals surface area contributed by atoms with Gasteiger partial charge in [-0.15, -0.1) is 0 Å². The number of methoxy groups -OCH3 is 2. The van der Waals surface area contributed by atoms with E-state index in [4.69, 9.17) is 14.2 Å². The van der Waals surface area contributed by atoms with E-state index in [0.717, 1.165) is 6.07 Å². The number of amides is 2. The monoisotopic (exact) mass is 567 g/mol. The summed E-state index contributed by atoms with van der Waals surface area (Å²) in [4.78, 5) is 38.3. The van der Waals surface area contributed by atoms with Gasteiger partial charge in [-0.2, -0.15) is 5.10 Å². The fourth-order valence-corrected chi connectivity index (χ4v) is 3.72. The fourth-order valence-electron chi connectivity index (χ4n) is 3.72. The molecule has 0 bridgehead atoms. The van der Waals surface area contributed by atoms with Gasteiger partial charge in [0.25, 0.3) is 11.8 Å². The van der Waals surface area contributed by atoms with Crippen LogP contribution in [0, 0.1) is 5.82 Å². The Hall–Kier alpha value is -5.77. The minimum atomic E-state index is -0.726. The molecule has 2 amide bonds. The molecule has 0 unspecified atom stereocenters. The van der Waals surface area contributed by atoms with Gasteiger partial charge in [0.2, 0.25) is 0 Å². The third-order valence-electron chi connectivity index (χ3n) is 5.76. The van der Waals surface area contributed by atoms with Crippen molar-refractivity contribution in [1.29, 1.82) is 0 Å². The fraction of sp³-hybridized carbons (Fsp3) is 0.0625. The number of carbonyl (C=O) groups excluding carboxylic acids is 3. The highest BCUT2D eigenvalue weighted by Crippen LogP contribution is 2.28. The Labute approximate surface area is 241 Å². The second-order valence-corrected chi connectivity index (χ2v) is 8.66. The molecule has 4 aromatic rings. The van der Waals surface area contributed by atoms with Gasteiger partial charge in [0, 0.05) is 5.56 Å². The number of nitrogens with one attached hydrogen (secondary N) is 2. The largest absolute Gasteiger partial charge is 0.493 e. The van der Waals surface area contributed by atoms with E-state index in [9.17, 15) is 18.8 Å². The molecule has 10 heteroatoms. The van der Waals surface area contributed by atoms with Crippen LogP contribution in [0.5, 0.6) is 17.2 Å². The number of halogens is 1. The average molecular weight is 568 g/mol. The maximum absolute atomic E-state index is 13.4. The van der Waals surface area contributed by atoms with E-state index in [0.29, 0.717) is 28.2 Å². The Morgan fingerprint density at radius 1 is 0.762 bits per heavy atom. The van der Waals surface area contributed by atoms with E-state index in [1.165, 1.54) is 50.8 Å². The number of esters is 1. The maximum Gasteiger partial charge on any atom is 0.343 e. The lowest BCUT2D eigenvalue weighted by Crippen LogP contribution is -2.32. The molecule has 4 rings (SSSR count). The summed E-state index contributed by atoms with van der Waals surface area (Å²) in [7, 11) is 3.00. The van der Waals surface area contributed by atoms with Crippen LogP contribution in [0.2, 0.25) is 0 Å². The van der Waals surface area contributed by atoms with Crippen molar-refractivity contribution >= 4 is 30.1 Å². The summed E-state index contributed by atoms with van der Waals surface area (Å²) in [6.45, 7) is 0. The summed E-state index contributed by atoms with van der Waals surface area (Å²) < 4.78 is 29.4. The standard InChI is InChI=1S/C32H26FN3O6/c1-40-28-15-14-21(18-29(28)41-2)17-27(35-30(37)23-9-4-3-5-10-23)31(38)36-34-20-22-8-6-13-26(16-22)42-32(39)24-11-7-12-25(33)19-24/h3-20H,1-2H3,(H,35,37)(H,36,38). The van der Waals surface area contributed by atoms with Crippen LogP contribution >= 0.6 is 0 Å². The molecule has 0 saturated heterocycles. The summed E-state index contributed by atoms with van der Waals surface area (Å²) in [6.07, 6.45) is 2.81. The zero-order chi connectivity index (χ0) is 29.9. The molecule has 0 saturated carbocycles. The molecular formula is C32H26FN3O6. The third kappa shape index (κ3) is 7.89. The smallest absolute Gasteiger partial charge is 0.343 e. The highest BCUT2D eigenvalue weighted by atomic mass is 19.1. The predicted octanol–water partition coefficient (Wildman–Crippen LogP) is 4.98. The Morgan fingerprint density at radius 2 is 1.50 bits per heavy atom. The van der Waals surface area contributed by atoms with Crippen molar-refractivity contribution in [3.63, 3.8) is 0 Å².